The van der Waals surface area contributed by atoms with Gasteiger partial charge in [-0.05, 0) is 0 Å². The Kier molecular flexibility index (Phi) is 3.74. The molecular weight excluding hydrogens is 393 g/mol. The average Bonchev–Trinajstić information content (AvgIpc) is 3.11. The third-order valence-electron chi connectivity index (χ3n) is 5.95. The fourth-order valence-corrected chi connectivity index (χ4v) is 16.3. The first-order chi connectivity index (χ1) is 11.9. The van der Waals surface area contributed by atoms with Crippen LogP contribution < -0.4 is 0 Å². The van der Waals surface area contributed by atoms with E-state index < -0.39 is 26.8 Å². The van der Waals surface area contributed by atoms with Gasteiger partial charge in [0, 0.05) is 0 Å². The van der Waals surface area contributed by atoms with Crippen molar-refractivity contribution < 1.29 is 24.8 Å². The molecule has 0 spiro atoms. The fraction of sp³-hybridized carbons (Fsp3) is 0.227. The van der Waals surface area contributed by atoms with Gasteiger partial charge in [-0.2, -0.15) is 0 Å². The van der Waals surface area contributed by atoms with Crippen molar-refractivity contribution in [2.75, 3.05) is 0 Å². The summed E-state index contributed by atoms with van der Waals surface area (Å²) in [6.45, 7) is 5.34. The molecule has 0 aromatic heterocycles. The van der Waals surface area contributed by atoms with Crippen LogP contribution in [-0.4, -0.2) is 3.71 Å². The molecule has 0 amide bonds. The number of benzene rings is 2. The predicted octanol–water partition coefficient (Wildman–Crippen LogP) is 6.58. The van der Waals surface area contributed by atoms with E-state index in [-0.39, 0.29) is 0 Å². The molecule has 2 aromatic carbocycles. The van der Waals surface area contributed by atoms with Crippen molar-refractivity contribution in [2.24, 2.45) is 0 Å². The third kappa shape index (κ3) is 2.28. The zero-order chi connectivity index (χ0) is 17.8. The molecule has 25 heavy (non-hydrogen) atoms. The second kappa shape index (κ2) is 5.51. The van der Waals surface area contributed by atoms with Gasteiger partial charge in [-0.25, -0.2) is 0 Å². The van der Waals surface area contributed by atoms with E-state index in [1.165, 1.54) is 3.71 Å². The van der Waals surface area contributed by atoms with E-state index in [0.29, 0.717) is 0 Å². The molecule has 2 aliphatic rings. The van der Waals surface area contributed by atoms with Gasteiger partial charge in [-0.3, -0.25) is 0 Å². The van der Waals surface area contributed by atoms with Gasteiger partial charge in [-0.15, -0.1) is 0 Å². The SMILES string of the molecule is C[CH]=[Zr]([F])([F])([CH]1C(C)=Cc2ccccc21)[CH]1C(C)=Cc2ccccc21. The molecule has 3 heteroatoms. The Labute approximate surface area is 150 Å². The van der Waals surface area contributed by atoms with Crippen molar-refractivity contribution in [3.05, 3.63) is 81.9 Å². The monoisotopic (exact) mass is 414 g/mol. The molecule has 2 unspecified atom stereocenters. The van der Waals surface area contributed by atoms with Gasteiger partial charge in [-0.1, -0.05) is 0 Å². The van der Waals surface area contributed by atoms with Crippen LogP contribution in [0, 0.1) is 0 Å². The van der Waals surface area contributed by atoms with Crippen LogP contribution >= 0.6 is 0 Å². The summed E-state index contributed by atoms with van der Waals surface area (Å²) in [7, 11) is 0. The molecule has 0 bridgehead atoms. The van der Waals surface area contributed by atoms with E-state index in [0.717, 1.165) is 33.4 Å². The Hall–Kier alpha value is -1.47. The molecule has 0 heterocycles. The number of fused-ring (bicyclic) bond motifs is 2. The molecule has 0 nitrogen and oxygen atoms in total. The van der Waals surface area contributed by atoms with Crippen molar-refractivity contribution in [2.45, 2.75) is 28.0 Å². The van der Waals surface area contributed by atoms with Gasteiger partial charge in [0.05, 0.1) is 0 Å². The van der Waals surface area contributed by atoms with Gasteiger partial charge < -0.3 is 0 Å². The summed E-state index contributed by atoms with van der Waals surface area (Å²) in [6, 6.07) is 15.3. The van der Waals surface area contributed by atoms with E-state index in [9.17, 15) is 0 Å². The summed E-state index contributed by atoms with van der Waals surface area (Å²) in [5, 5.41) is 0. The summed E-state index contributed by atoms with van der Waals surface area (Å²) in [4.78, 5) is 0. The van der Waals surface area contributed by atoms with E-state index in [4.69, 9.17) is 0 Å². The number of hydrogen-bond donors (Lipinski definition) is 0. The van der Waals surface area contributed by atoms with Crippen molar-refractivity contribution in [1.82, 2.24) is 0 Å². The summed E-state index contributed by atoms with van der Waals surface area (Å²) in [6.07, 6.45) is 3.91. The Morgan fingerprint density at radius 2 is 1.16 bits per heavy atom. The van der Waals surface area contributed by atoms with E-state index in [2.05, 4.69) is 0 Å². The van der Waals surface area contributed by atoms with Crippen LogP contribution in [0.1, 0.15) is 50.3 Å². The molecule has 0 fully saturated rings. The predicted molar refractivity (Wildman–Crippen MR) is 99.6 cm³/mol. The van der Waals surface area contributed by atoms with Crippen molar-refractivity contribution in [3.63, 3.8) is 0 Å². The summed E-state index contributed by atoms with van der Waals surface area (Å²) < 4.78 is 33.6. The normalized spacial score (nSPS) is 22.2. The topological polar surface area (TPSA) is 0 Å². The quantitative estimate of drug-likeness (QED) is 0.519. The molecule has 0 radical (unpaired) electrons. The summed E-state index contributed by atoms with van der Waals surface area (Å²) in [5.74, 6) is 0. The van der Waals surface area contributed by atoms with Crippen molar-refractivity contribution in [1.29, 1.82) is 0 Å². The maximum atomic E-state index is 16.9. The number of rotatable bonds is 2. The molecule has 128 valence electrons. The zero-order valence-electron chi connectivity index (χ0n) is 14.8. The number of halogens is 2. The van der Waals surface area contributed by atoms with Crippen LogP contribution in [0.25, 0.3) is 12.2 Å². The summed E-state index contributed by atoms with van der Waals surface area (Å²) >= 11 is -6.36. The Morgan fingerprint density at radius 3 is 1.56 bits per heavy atom. The first-order valence-corrected chi connectivity index (χ1v) is 14.9. The Bertz CT molecular complexity index is 931. The number of hydrogen-bond acceptors (Lipinski definition) is 0. The molecule has 2 aromatic rings. The molecule has 0 N–H and O–H groups in total. The average molecular weight is 416 g/mol. The minimum absolute atomic E-state index is 0.734. The van der Waals surface area contributed by atoms with Gasteiger partial charge >= 0.3 is 151 Å². The summed E-state index contributed by atoms with van der Waals surface area (Å²) in [5.41, 5.74) is 5.15. The Balaban J connectivity index is 1.99. The fourth-order valence-electron chi connectivity index (χ4n) is 4.92. The first-order valence-electron chi connectivity index (χ1n) is 8.79. The standard InChI is InChI=1S/2C10H9.C2H4.2FH.Zr/c2*1-8-6-9-4-2-3-5-10(9)7-8;1-2;;;/h2*2-7H,1H3;1H,2H3;2*1H;/q;;;;;+2/p-2. The maximum absolute atomic E-state index is 16.9. The van der Waals surface area contributed by atoms with E-state index >= 15 is 5.25 Å². The van der Waals surface area contributed by atoms with Gasteiger partial charge in [0.15, 0.2) is 0 Å². The van der Waals surface area contributed by atoms with Crippen molar-refractivity contribution >= 4 is 15.9 Å². The molecular formula is C22H22F2Zr. The Morgan fingerprint density at radius 1 is 0.760 bits per heavy atom. The second-order valence-corrected chi connectivity index (χ2v) is 17.7. The van der Waals surface area contributed by atoms with Crippen LogP contribution in [-0.2, 0) is 19.5 Å². The second-order valence-electron chi connectivity index (χ2n) is 7.42. The first kappa shape index (κ1) is 17.0. The van der Waals surface area contributed by atoms with Crippen LogP contribution in [0.3, 0.4) is 0 Å². The molecule has 2 aliphatic carbocycles. The van der Waals surface area contributed by atoms with Gasteiger partial charge in [0.1, 0.15) is 0 Å². The molecule has 2 atom stereocenters. The van der Waals surface area contributed by atoms with Crippen LogP contribution in [0.4, 0.5) is 5.25 Å². The van der Waals surface area contributed by atoms with Crippen LogP contribution in [0.5, 0.6) is 0 Å². The van der Waals surface area contributed by atoms with Crippen LogP contribution in [0.2, 0.25) is 0 Å². The third-order valence-corrected chi connectivity index (χ3v) is 17.8. The number of allylic oxidation sites excluding steroid dienone is 2. The molecule has 0 saturated carbocycles. The van der Waals surface area contributed by atoms with Crippen molar-refractivity contribution in [3.8, 4) is 0 Å². The van der Waals surface area contributed by atoms with Gasteiger partial charge in [0.25, 0.3) is 0 Å². The molecule has 4 rings (SSSR count). The molecule has 0 saturated heterocycles. The minimum atomic E-state index is -6.36. The van der Waals surface area contributed by atoms with E-state index in [1.807, 2.05) is 74.5 Å². The van der Waals surface area contributed by atoms with Gasteiger partial charge in [0.2, 0.25) is 0 Å². The molecule has 0 aliphatic heterocycles. The van der Waals surface area contributed by atoms with E-state index in [1.54, 1.807) is 6.92 Å². The zero-order valence-corrected chi connectivity index (χ0v) is 17.2. The van der Waals surface area contributed by atoms with Crippen LogP contribution in [0.15, 0.2) is 59.7 Å².